The Balaban J connectivity index is 2.17. The van der Waals surface area contributed by atoms with Crippen LogP contribution in [0.4, 0.5) is 0 Å². The van der Waals surface area contributed by atoms with E-state index in [4.69, 9.17) is 9.47 Å². The van der Waals surface area contributed by atoms with Crippen molar-refractivity contribution in [2.75, 3.05) is 20.8 Å². The lowest BCUT2D eigenvalue weighted by molar-refractivity contribution is 0.328. The van der Waals surface area contributed by atoms with Gasteiger partial charge in [0.2, 0.25) is 5.75 Å². The van der Waals surface area contributed by atoms with Gasteiger partial charge in [0.25, 0.3) is 0 Å². The van der Waals surface area contributed by atoms with Crippen LogP contribution in [-0.4, -0.2) is 31.9 Å². The molecule has 1 heterocycles. The summed E-state index contributed by atoms with van der Waals surface area (Å²) in [6.45, 7) is 1.07. The molecule has 0 aliphatic carbocycles. The van der Waals surface area contributed by atoms with Gasteiger partial charge in [0.15, 0.2) is 11.5 Å². The van der Waals surface area contributed by atoms with E-state index in [1.807, 2.05) is 12.1 Å². The number of phenols is 1. The second-order valence-electron chi connectivity index (χ2n) is 4.66. The van der Waals surface area contributed by atoms with Crippen LogP contribution in [0.15, 0.2) is 12.1 Å². The quantitative estimate of drug-likeness (QED) is 0.860. The number of ether oxygens (including phenoxy) is 2. The Morgan fingerprint density at radius 1 is 1.28 bits per heavy atom. The summed E-state index contributed by atoms with van der Waals surface area (Å²) in [5.74, 6) is 1.19. The van der Waals surface area contributed by atoms with Crippen LogP contribution in [0.1, 0.15) is 24.8 Å². The fourth-order valence-electron chi connectivity index (χ4n) is 2.48. The Hall–Kier alpha value is -1.42. The molecule has 100 valence electrons. The van der Waals surface area contributed by atoms with Gasteiger partial charge in [-0.25, -0.2) is 0 Å². The summed E-state index contributed by atoms with van der Waals surface area (Å²) in [6.07, 6.45) is 4.49. The second kappa shape index (κ2) is 5.96. The number of hydrogen-bond acceptors (Lipinski definition) is 4. The molecule has 4 heteroatoms. The average molecular weight is 251 g/mol. The van der Waals surface area contributed by atoms with Crippen molar-refractivity contribution in [3.8, 4) is 17.2 Å². The maximum absolute atomic E-state index is 10.2. The third kappa shape index (κ3) is 2.70. The van der Waals surface area contributed by atoms with Gasteiger partial charge in [-0.3, -0.25) is 0 Å². The molecule has 0 amide bonds. The van der Waals surface area contributed by atoms with Gasteiger partial charge in [-0.05, 0) is 37.4 Å². The number of nitrogens with one attached hydrogen (secondary N) is 1. The van der Waals surface area contributed by atoms with E-state index in [0.717, 1.165) is 24.9 Å². The first-order valence-electron chi connectivity index (χ1n) is 6.42. The lowest BCUT2D eigenvalue weighted by atomic mass is 9.97. The van der Waals surface area contributed by atoms with E-state index >= 15 is 0 Å². The Labute approximate surface area is 108 Å². The van der Waals surface area contributed by atoms with Gasteiger partial charge in [0.1, 0.15) is 0 Å². The maximum atomic E-state index is 10.2. The minimum atomic E-state index is 0.198. The summed E-state index contributed by atoms with van der Waals surface area (Å²) in [5, 5.41) is 13.7. The van der Waals surface area contributed by atoms with Gasteiger partial charge >= 0.3 is 0 Å². The van der Waals surface area contributed by atoms with E-state index in [-0.39, 0.29) is 5.75 Å². The van der Waals surface area contributed by atoms with Gasteiger partial charge in [-0.2, -0.15) is 0 Å². The fourth-order valence-corrected chi connectivity index (χ4v) is 2.48. The lowest BCUT2D eigenvalue weighted by Gasteiger charge is -2.24. The molecule has 2 rings (SSSR count). The highest BCUT2D eigenvalue weighted by Gasteiger charge is 2.18. The van der Waals surface area contributed by atoms with Crippen molar-refractivity contribution >= 4 is 0 Å². The van der Waals surface area contributed by atoms with Crippen LogP contribution >= 0.6 is 0 Å². The lowest BCUT2D eigenvalue weighted by Crippen LogP contribution is -2.35. The third-order valence-electron chi connectivity index (χ3n) is 3.48. The number of aromatic hydroxyl groups is 1. The molecular weight excluding hydrogens is 230 g/mol. The number of hydrogen-bond donors (Lipinski definition) is 2. The number of methoxy groups -OCH3 is 2. The fraction of sp³-hybridized carbons (Fsp3) is 0.571. The van der Waals surface area contributed by atoms with Crippen molar-refractivity contribution < 1.29 is 14.6 Å². The molecule has 0 aromatic heterocycles. The van der Waals surface area contributed by atoms with Crippen molar-refractivity contribution in [3.63, 3.8) is 0 Å². The molecule has 0 bridgehead atoms. The Morgan fingerprint density at radius 3 is 2.72 bits per heavy atom. The first-order chi connectivity index (χ1) is 8.76. The number of piperidine rings is 1. The first kappa shape index (κ1) is 13.0. The standard InChI is InChI=1S/C14H21NO3/c1-17-12-7-6-10(13(16)14(12)18-2)9-11-5-3-4-8-15-11/h6-7,11,15-16H,3-5,8-9H2,1-2H3. The SMILES string of the molecule is COc1ccc(CC2CCCCN2)c(O)c1OC. The molecule has 1 aliphatic rings. The molecule has 1 atom stereocenters. The molecule has 18 heavy (non-hydrogen) atoms. The van der Waals surface area contributed by atoms with Crippen LogP contribution in [0.5, 0.6) is 17.2 Å². The van der Waals surface area contributed by atoms with Crippen molar-refractivity contribution in [2.24, 2.45) is 0 Å². The number of benzene rings is 1. The molecule has 1 aromatic carbocycles. The summed E-state index contributed by atoms with van der Waals surface area (Å²) in [4.78, 5) is 0. The van der Waals surface area contributed by atoms with E-state index in [1.165, 1.54) is 12.8 Å². The highest BCUT2D eigenvalue weighted by atomic mass is 16.5. The second-order valence-corrected chi connectivity index (χ2v) is 4.66. The summed E-state index contributed by atoms with van der Waals surface area (Å²) in [5.41, 5.74) is 0.909. The van der Waals surface area contributed by atoms with Crippen LogP contribution in [0.2, 0.25) is 0 Å². The highest BCUT2D eigenvalue weighted by molar-refractivity contribution is 5.55. The zero-order chi connectivity index (χ0) is 13.0. The summed E-state index contributed by atoms with van der Waals surface area (Å²) in [6, 6.07) is 4.20. The van der Waals surface area contributed by atoms with Crippen molar-refractivity contribution in [1.29, 1.82) is 0 Å². The largest absolute Gasteiger partial charge is 0.504 e. The molecule has 0 radical (unpaired) electrons. The van der Waals surface area contributed by atoms with Crippen LogP contribution in [-0.2, 0) is 6.42 Å². The van der Waals surface area contributed by atoms with E-state index in [9.17, 15) is 5.11 Å². The molecule has 0 saturated carbocycles. The molecule has 1 aliphatic heterocycles. The predicted octanol–water partition coefficient (Wildman–Crippen LogP) is 2.09. The minimum absolute atomic E-state index is 0.198. The summed E-state index contributed by atoms with van der Waals surface area (Å²) in [7, 11) is 3.11. The van der Waals surface area contributed by atoms with E-state index in [0.29, 0.717) is 17.5 Å². The van der Waals surface area contributed by atoms with Crippen LogP contribution in [0.25, 0.3) is 0 Å². The smallest absolute Gasteiger partial charge is 0.203 e. The number of phenolic OH excluding ortho intramolecular Hbond substituents is 1. The summed E-state index contributed by atoms with van der Waals surface area (Å²) < 4.78 is 10.4. The van der Waals surface area contributed by atoms with Crippen LogP contribution in [0.3, 0.4) is 0 Å². The van der Waals surface area contributed by atoms with Crippen molar-refractivity contribution in [2.45, 2.75) is 31.7 Å². The van der Waals surface area contributed by atoms with Gasteiger partial charge in [0.05, 0.1) is 14.2 Å². The van der Waals surface area contributed by atoms with E-state index in [1.54, 1.807) is 14.2 Å². The Kier molecular flexibility index (Phi) is 4.31. The molecule has 1 aromatic rings. The van der Waals surface area contributed by atoms with Crippen LogP contribution in [0, 0.1) is 0 Å². The highest BCUT2D eigenvalue weighted by Crippen LogP contribution is 2.39. The molecule has 1 fully saturated rings. The van der Waals surface area contributed by atoms with E-state index in [2.05, 4.69) is 5.32 Å². The molecule has 0 spiro atoms. The van der Waals surface area contributed by atoms with Gasteiger partial charge in [-0.15, -0.1) is 0 Å². The van der Waals surface area contributed by atoms with Crippen molar-refractivity contribution in [1.82, 2.24) is 5.32 Å². The van der Waals surface area contributed by atoms with Crippen molar-refractivity contribution in [3.05, 3.63) is 17.7 Å². The monoisotopic (exact) mass is 251 g/mol. The molecular formula is C14H21NO3. The Morgan fingerprint density at radius 2 is 2.11 bits per heavy atom. The molecule has 1 unspecified atom stereocenters. The van der Waals surface area contributed by atoms with Gasteiger partial charge < -0.3 is 19.9 Å². The molecule has 2 N–H and O–H groups in total. The first-order valence-corrected chi connectivity index (χ1v) is 6.42. The molecule has 4 nitrogen and oxygen atoms in total. The van der Waals surface area contributed by atoms with Crippen LogP contribution < -0.4 is 14.8 Å². The minimum Gasteiger partial charge on any atom is -0.504 e. The average Bonchev–Trinajstić information content (AvgIpc) is 2.42. The van der Waals surface area contributed by atoms with E-state index < -0.39 is 0 Å². The van der Waals surface area contributed by atoms with Gasteiger partial charge in [-0.1, -0.05) is 12.5 Å². The summed E-state index contributed by atoms with van der Waals surface area (Å²) >= 11 is 0. The molecule has 1 saturated heterocycles. The normalized spacial score (nSPS) is 19.6. The third-order valence-corrected chi connectivity index (χ3v) is 3.48. The topological polar surface area (TPSA) is 50.7 Å². The predicted molar refractivity (Wildman–Crippen MR) is 70.6 cm³/mol. The van der Waals surface area contributed by atoms with Gasteiger partial charge in [0, 0.05) is 6.04 Å². The number of rotatable bonds is 4. The zero-order valence-corrected chi connectivity index (χ0v) is 11.0. The maximum Gasteiger partial charge on any atom is 0.203 e. The Bertz CT molecular complexity index is 400. The zero-order valence-electron chi connectivity index (χ0n) is 11.0.